The van der Waals surface area contributed by atoms with Gasteiger partial charge in [-0.3, -0.25) is 9.10 Å². The van der Waals surface area contributed by atoms with E-state index in [1.807, 2.05) is 17.5 Å². The molecule has 11 heteroatoms. The van der Waals surface area contributed by atoms with Crippen LogP contribution in [0.5, 0.6) is 11.5 Å². The molecule has 0 fully saturated rings. The highest BCUT2D eigenvalue weighted by atomic mass is 32.2. The van der Waals surface area contributed by atoms with Gasteiger partial charge in [0.15, 0.2) is 11.5 Å². The topological polar surface area (TPSA) is 97.3 Å². The van der Waals surface area contributed by atoms with Gasteiger partial charge in [0.2, 0.25) is 0 Å². The van der Waals surface area contributed by atoms with Crippen LogP contribution in [0.1, 0.15) is 11.8 Å². The molecule has 0 saturated carbocycles. The van der Waals surface area contributed by atoms with Crippen LogP contribution in [-0.4, -0.2) is 40.8 Å². The van der Waals surface area contributed by atoms with Gasteiger partial charge in [-0.15, -0.1) is 11.3 Å². The summed E-state index contributed by atoms with van der Waals surface area (Å²) in [6.45, 7) is 1.15. The van der Waals surface area contributed by atoms with Crippen LogP contribution >= 0.6 is 11.3 Å². The normalized spacial score (nSPS) is 11.7. The second-order valence-electron chi connectivity index (χ2n) is 6.71. The Hall–Kier alpha value is -3.44. The van der Waals surface area contributed by atoms with Gasteiger partial charge in [0.1, 0.15) is 12.4 Å². The van der Waals surface area contributed by atoms with Crippen molar-refractivity contribution in [3.05, 3.63) is 70.7 Å². The largest absolute Gasteiger partial charge is 0.493 e. The van der Waals surface area contributed by atoms with E-state index in [2.05, 4.69) is 10.5 Å². The van der Waals surface area contributed by atoms with Gasteiger partial charge >= 0.3 is 0 Å². The van der Waals surface area contributed by atoms with Crippen LogP contribution in [-0.2, 0) is 14.8 Å². The smallest absolute Gasteiger partial charge is 0.264 e. The average molecular weight is 492 g/mol. The molecule has 1 amide bonds. The molecule has 0 unspecified atom stereocenters. The minimum Gasteiger partial charge on any atom is -0.493 e. The molecular weight excluding hydrogens is 469 g/mol. The predicted molar refractivity (Wildman–Crippen MR) is 125 cm³/mol. The number of halogens is 1. The van der Waals surface area contributed by atoms with E-state index in [0.717, 1.165) is 21.3 Å². The van der Waals surface area contributed by atoms with Crippen molar-refractivity contribution in [3.8, 4) is 11.5 Å². The number of carbonyl (C=O) groups excluding carboxylic acids is 1. The number of amides is 1. The first-order chi connectivity index (χ1) is 15.8. The molecule has 174 valence electrons. The number of sulfonamides is 1. The number of hydrogen-bond acceptors (Lipinski definition) is 7. The van der Waals surface area contributed by atoms with Gasteiger partial charge in [-0.05, 0) is 54.8 Å². The van der Waals surface area contributed by atoms with Crippen molar-refractivity contribution in [2.24, 2.45) is 5.10 Å². The van der Waals surface area contributed by atoms with Crippen molar-refractivity contribution >= 4 is 38.7 Å². The number of methoxy groups -OCH3 is 2. The van der Waals surface area contributed by atoms with Gasteiger partial charge in [0.05, 0.1) is 30.5 Å². The van der Waals surface area contributed by atoms with Crippen molar-refractivity contribution in [2.45, 2.75) is 11.8 Å². The van der Waals surface area contributed by atoms with Crippen LogP contribution in [0.15, 0.2) is 70.0 Å². The Morgan fingerprint density at radius 3 is 2.39 bits per heavy atom. The lowest BCUT2D eigenvalue weighted by Gasteiger charge is -2.24. The second kappa shape index (κ2) is 10.5. The molecular formula is C22H22FN3O5S2. The number of ether oxygens (including phenoxy) is 2. The molecule has 2 aromatic carbocycles. The zero-order valence-electron chi connectivity index (χ0n) is 18.1. The van der Waals surface area contributed by atoms with Gasteiger partial charge < -0.3 is 9.47 Å². The van der Waals surface area contributed by atoms with Gasteiger partial charge in [0, 0.05) is 10.9 Å². The minimum absolute atomic E-state index is 0.111. The molecule has 1 heterocycles. The Balaban J connectivity index is 1.93. The first-order valence-electron chi connectivity index (χ1n) is 9.63. The summed E-state index contributed by atoms with van der Waals surface area (Å²) < 4.78 is 51.6. The van der Waals surface area contributed by atoms with Crippen LogP contribution in [0.25, 0.3) is 0 Å². The van der Waals surface area contributed by atoms with Gasteiger partial charge in [-0.2, -0.15) is 5.10 Å². The Morgan fingerprint density at radius 2 is 1.79 bits per heavy atom. The lowest BCUT2D eigenvalue weighted by atomic mass is 10.3. The number of anilines is 1. The van der Waals surface area contributed by atoms with E-state index in [-0.39, 0.29) is 16.3 Å². The summed E-state index contributed by atoms with van der Waals surface area (Å²) in [6, 6.07) is 12.6. The Bertz CT molecular complexity index is 1240. The maximum atomic E-state index is 13.5. The molecule has 0 atom stereocenters. The zero-order chi connectivity index (χ0) is 24.0. The molecule has 0 spiro atoms. The number of carbonyl (C=O) groups is 1. The lowest BCUT2D eigenvalue weighted by molar-refractivity contribution is -0.119. The molecule has 0 radical (unpaired) electrons. The number of rotatable bonds is 9. The highest BCUT2D eigenvalue weighted by Gasteiger charge is 2.28. The SMILES string of the molecule is COc1ccc(S(=O)(=O)N(CC(=O)N/N=C(/C)c2cccs2)c2ccc(F)cc2)cc1OC. The lowest BCUT2D eigenvalue weighted by Crippen LogP contribution is -2.39. The summed E-state index contributed by atoms with van der Waals surface area (Å²) in [5.74, 6) is -0.652. The summed E-state index contributed by atoms with van der Waals surface area (Å²) in [5.41, 5.74) is 3.07. The van der Waals surface area contributed by atoms with E-state index in [1.54, 1.807) is 6.92 Å². The molecule has 0 aliphatic carbocycles. The number of thiophene rings is 1. The van der Waals surface area contributed by atoms with Crippen molar-refractivity contribution in [2.75, 3.05) is 25.1 Å². The van der Waals surface area contributed by atoms with Crippen LogP contribution in [0.3, 0.4) is 0 Å². The first-order valence-corrected chi connectivity index (χ1v) is 12.0. The number of hydrazone groups is 1. The van der Waals surface area contributed by atoms with Crippen molar-refractivity contribution in [1.29, 1.82) is 0 Å². The number of benzene rings is 2. The Kier molecular flexibility index (Phi) is 7.67. The van der Waals surface area contributed by atoms with E-state index in [4.69, 9.17) is 9.47 Å². The molecule has 0 saturated heterocycles. The molecule has 0 bridgehead atoms. The maximum absolute atomic E-state index is 13.5. The number of nitrogens with zero attached hydrogens (tertiary/aromatic N) is 2. The third-order valence-electron chi connectivity index (χ3n) is 4.57. The van der Waals surface area contributed by atoms with Gasteiger partial charge in [-0.25, -0.2) is 18.2 Å². The van der Waals surface area contributed by atoms with Crippen LogP contribution in [0.2, 0.25) is 0 Å². The third kappa shape index (κ3) is 5.68. The number of nitrogens with one attached hydrogen (secondary N) is 1. The Labute approximate surface area is 195 Å². The molecule has 0 aliphatic heterocycles. The predicted octanol–water partition coefficient (Wildman–Crippen LogP) is 3.64. The second-order valence-corrected chi connectivity index (χ2v) is 9.52. The van der Waals surface area contributed by atoms with E-state index >= 15 is 0 Å². The maximum Gasteiger partial charge on any atom is 0.264 e. The first kappa shape index (κ1) is 24.2. The molecule has 0 aliphatic rings. The van der Waals surface area contributed by atoms with Crippen molar-refractivity contribution in [1.82, 2.24) is 5.43 Å². The molecule has 1 aromatic heterocycles. The van der Waals surface area contributed by atoms with Crippen LogP contribution in [0, 0.1) is 5.82 Å². The van der Waals surface area contributed by atoms with Gasteiger partial charge in [0.25, 0.3) is 15.9 Å². The monoisotopic (exact) mass is 491 g/mol. The average Bonchev–Trinajstić information content (AvgIpc) is 3.36. The summed E-state index contributed by atoms with van der Waals surface area (Å²) in [7, 11) is -1.42. The van der Waals surface area contributed by atoms with Crippen LogP contribution in [0.4, 0.5) is 10.1 Å². The summed E-state index contributed by atoms with van der Waals surface area (Å²) in [5, 5.41) is 5.92. The molecule has 3 aromatic rings. The standard InChI is InChI=1S/C22H22FN3O5S2/c1-15(21-5-4-12-32-21)24-25-22(27)14-26(17-8-6-16(23)7-9-17)33(28,29)18-10-11-19(30-2)20(13-18)31-3/h4-13H,14H2,1-3H3,(H,25,27)/b24-15-. The van der Waals surface area contributed by atoms with E-state index in [0.29, 0.717) is 11.5 Å². The van der Waals surface area contributed by atoms with E-state index in [1.165, 1.54) is 55.9 Å². The Morgan fingerprint density at radius 1 is 1.09 bits per heavy atom. The van der Waals surface area contributed by atoms with Crippen molar-refractivity contribution < 1.29 is 27.1 Å². The van der Waals surface area contributed by atoms with Gasteiger partial charge in [-0.1, -0.05) is 6.07 Å². The van der Waals surface area contributed by atoms with E-state index < -0.39 is 28.3 Å². The number of hydrogen-bond donors (Lipinski definition) is 1. The highest BCUT2D eigenvalue weighted by molar-refractivity contribution is 7.92. The molecule has 8 nitrogen and oxygen atoms in total. The fourth-order valence-electron chi connectivity index (χ4n) is 2.88. The van der Waals surface area contributed by atoms with Crippen molar-refractivity contribution in [3.63, 3.8) is 0 Å². The van der Waals surface area contributed by atoms with E-state index in [9.17, 15) is 17.6 Å². The fourth-order valence-corrected chi connectivity index (χ4v) is 4.99. The fraction of sp³-hybridized carbons (Fsp3) is 0.182. The summed E-state index contributed by atoms with van der Waals surface area (Å²) >= 11 is 1.46. The summed E-state index contributed by atoms with van der Waals surface area (Å²) in [4.78, 5) is 13.4. The zero-order valence-corrected chi connectivity index (χ0v) is 19.7. The quantitative estimate of drug-likeness (QED) is 0.364. The molecule has 33 heavy (non-hydrogen) atoms. The highest BCUT2D eigenvalue weighted by Crippen LogP contribution is 2.32. The summed E-state index contributed by atoms with van der Waals surface area (Å²) in [6.07, 6.45) is 0. The molecule has 1 N–H and O–H groups in total. The third-order valence-corrected chi connectivity index (χ3v) is 7.32. The minimum atomic E-state index is -4.23. The van der Waals surface area contributed by atoms with Crippen LogP contribution < -0.4 is 19.2 Å². The molecule has 3 rings (SSSR count).